The number of aliphatic hydroxyl groups is 1. The van der Waals surface area contributed by atoms with E-state index >= 15 is 0 Å². The Hall–Kier alpha value is -1.76. The maximum Gasteiger partial charge on any atom is 0.237 e. The normalized spacial score (nSPS) is 25.5. The SMILES string of the molecule is Cc1ncsc1-c1ccc2c(c1)CCCCC2NC(=O)C1CC(O)CN1. The molecular weight excluding hydrogens is 346 g/mol. The first-order chi connectivity index (χ1) is 12.6. The second-order valence-corrected chi connectivity index (χ2v) is 8.19. The van der Waals surface area contributed by atoms with Crippen molar-refractivity contribution >= 4 is 17.2 Å². The summed E-state index contributed by atoms with van der Waals surface area (Å²) >= 11 is 1.67. The molecule has 2 aromatic rings. The zero-order valence-corrected chi connectivity index (χ0v) is 15.8. The van der Waals surface area contributed by atoms with Crippen molar-refractivity contribution < 1.29 is 9.90 Å². The Labute approximate surface area is 157 Å². The van der Waals surface area contributed by atoms with Crippen LogP contribution in [0.5, 0.6) is 0 Å². The first-order valence-corrected chi connectivity index (χ1v) is 10.2. The maximum absolute atomic E-state index is 12.6. The number of thiazole rings is 1. The van der Waals surface area contributed by atoms with Crippen molar-refractivity contribution in [2.45, 2.75) is 57.2 Å². The molecular formula is C20H25N3O2S. The van der Waals surface area contributed by atoms with Gasteiger partial charge in [-0.05, 0) is 55.4 Å². The van der Waals surface area contributed by atoms with Crippen molar-refractivity contribution in [3.05, 3.63) is 40.5 Å². The number of carbonyl (C=O) groups excluding carboxylic acids is 1. The fourth-order valence-corrected chi connectivity index (χ4v) is 4.84. The molecule has 3 unspecified atom stereocenters. The maximum atomic E-state index is 12.6. The van der Waals surface area contributed by atoms with Crippen molar-refractivity contribution in [2.24, 2.45) is 0 Å². The minimum atomic E-state index is -0.419. The van der Waals surface area contributed by atoms with Gasteiger partial charge in [0.2, 0.25) is 5.91 Å². The van der Waals surface area contributed by atoms with Gasteiger partial charge < -0.3 is 15.7 Å². The fraction of sp³-hybridized carbons (Fsp3) is 0.500. The predicted molar refractivity (Wildman–Crippen MR) is 103 cm³/mol. The van der Waals surface area contributed by atoms with Gasteiger partial charge in [0.1, 0.15) is 0 Å². The Balaban J connectivity index is 1.57. The number of fused-ring (bicyclic) bond motifs is 1. The van der Waals surface area contributed by atoms with Crippen LogP contribution in [0.15, 0.2) is 23.7 Å². The zero-order chi connectivity index (χ0) is 18.1. The number of aryl methyl sites for hydroxylation is 2. The molecule has 1 aromatic heterocycles. The average Bonchev–Trinajstić information content (AvgIpc) is 3.20. The minimum absolute atomic E-state index is 0.00165. The smallest absolute Gasteiger partial charge is 0.237 e. The lowest BCUT2D eigenvalue weighted by molar-refractivity contribution is -0.123. The third-order valence-corrected chi connectivity index (χ3v) is 6.43. The molecule has 2 aliphatic rings. The number of benzene rings is 1. The van der Waals surface area contributed by atoms with Gasteiger partial charge in [-0.15, -0.1) is 11.3 Å². The Bertz CT molecular complexity index is 804. The molecule has 0 spiro atoms. The first kappa shape index (κ1) is 17.6. The highest BCUT2D eigenvalue weighted by molar-refractivity contribution is 7.13. The van der Waals surface area contributed by atoms with Crippen LogP contribution in [0.3, 0.4) is 0 Å². The van der Waals surface area contributed by atoms with Gasteiger partial charge in [-0.2, -0.15) is 0 Å². The van der Waals surface area contributed by atoms with Gasteiger partial charge in [0.15, 0.2) is 0 Å². The van der Waals surface area contributed by atoms with Gasteiger partial charge in [-0.3, -0.25) is 4.79 Å². The second-order valence-electron chi connectivity index (χ2n) is 7.34. The number of carbonyl (C=O) groups is 1. The van der Waals surface area contributed by atoms with Crippen molar-refractivity contribution in [3.63, 3.8) is 0 Å². The van der Waals surface area contributed by atoms with Crippen molar-refractivity contribution in [1.82, 2.24) is 15.6 Å². The molecule has 3 N–H and O–H groups in total. The molecule has 1 aliphatic heterocycles. The van der Waals surface area contributed by atoms with Crippen LogP contribution in [-0.2, 0) is 11.2 Å². The highest BCUT2D eigenvalue weighted by Gasteiger charge is 2.30. The van der Waals surface area contributed by atoms with Crippen molar-refractivity contribution in [2.75, 3.05) is 6.54 Å². The quantitative estimate of drug-likeness (QED) is 0.726. The van der Waals surface area contributed by atoms with Crippen LogP contribution in [-0.4, -0.2) is 34.7 Å². The third-order valence-electron chi connectivity index (χ3n) is 5.46. The number of nitrogens with one attached hydrogen (secondary N) is 2. The number of amides is 1. The van der Waals surface area contributed by atoms with E-state index in [1.807, 2.05) is 12.4 Å². The fourth-order valence-electron chi connectivity index (χ4n) is 4.04. The molecule has 1 fully saturated rings. The molecule has 0 bridgehead atoms. The Kier molecular flexibility index (Phi) is 5.07. The van der Waals surface area contributed by atoms with E-state index in [0.29, 0.717) is 13.0 Å². The summed E-state index contributed by atoms with van der Waals surface area (Å²) < 4.78 is 0. The summed E-state index contributed by atoms with van der Waals surface area (Å²) in [6.07, 6.45) is 4.34. The van der Waals surface area contributed by atoms with E-state index < -0.39 is 6.10 Å². The first-order valence-electron chi connectivity index (χ1n) is 9.37. The highest BCUT2D eigenvalue weighted by atomic mass is 32.1. The van der Waals surface area contributed by atoms with Gasteiger partial charge in [-0.25, -0.2) is 4.98 Å². The Morgan fingerprint density at radius 2 is 2.27 bits per heavy atom. The topological polar surface area (TPSA) is 74.2 Å². The van der Waals surface area contributed by atoms with Gasteiger partial charge in [0, 0.05) is 6.54 Å². The van der Waals surface area contributed by atoms with E-state index in [1.54, 1.807) is 11.3 Å². The average molecular weight is 372 g/mol. The lowest BCUT2D eigenvalue weighted by Crippen LogP contribution is -2.42. The molecule has 1 aliphatic carbocycles. The number of rotatable bonds is 3. The standard InChI is InChI=1S/C20H25N3O2S/c1-12-19(26-11-22-12)14-6-7-16-13(8-14)4-2-3-5-17(16)23-20(25)18-9-15(24)10-21-18/h6-8,11,15,17-18,21,24H,2-5,9-10H2,1H3,(H,23,25). The molecule has 26 heavy (non-hydrogen) atoms. The number of aromatic nitrogens is 1. The van der Waals surface area contributed by atoms with Crippen LogP contribution >= 0.6 is 11.3 Å². The van der Waals surface area contributed by atoms with Crippen LogP contribution in [0.1, 0.15) is 48.5 Å². The number of hydrogen-bond acceptors (Lipinski definition) is 5. The summed E-state index contributed by atoms with van der Waals surface area (Å²) in [5, 5.41) is 16.0. The molecule has 138 valence electrons. The molecule has 1 aromatic carbocycles. The second kappa shape index (κ2) is 7.47. The van der Waals surface area contributed by atoms with Crippen molar-refractivity contribution in [3.8, 4) is 10.4 Å². The predicted octanol–water partition coefficient (Wildman–Crippen LogP) is 2.73. The van der Waals surface area contributed by atoms with Crippen LogP contribution in [0.2, 0.25) is 0 Å². The van der Waals surface area contributed by atoms with E-state index in [9.17, 15) is 9.90 Å². The van der Waals surface area contributed by atoms with Gasteiger partial charge in [0.25, 0.3) is 0 Å². The Morgan fingerprint density at radius 3 is 3.00 bits per heavy atom. The molecule has 4 rings (SSSR count). The molecule has 1 amide bonds. The van der Waals surface area contributed by atoms with Crippen molar-refractivity contribution in [1.29, 1.82) is 0 Å². The molecule has 0 saturated carbocycles. The lowest BCUT2D eigenvalue weighted by Gasteiger charge is -2.22. The van der Waals surface area contributed by atoms with E-state index in [4.69, 9.17) is 0 Å². The number of nitrogens with zero attached hydrogens (tertiary/aromatic N) is 1. The summed E-state index contributed by atoms with van der Waals surface area (Å²) in [5.74, 6) is 0.00165. The summed E-state index contributed by atoms with van der Waals surface area (Å²) in [4.78, 5) is 18.2. The molecule has 2 heterocycles. The Morgan fingerprint density at radius 1 is 1.38 bits per heavy atom. The van der Waals surface area contributed by atoms with E-state index in [-0.39, 0.29) is 18.0 Å². The van der Waals surface area contributed by atoms with Gasteiger partial charge in [-0.1, -0.05) is 18.6 Å². The number of aliphatic hydroxyl groups excluding tert-OH is 1. The number of hydrogen-bond donors (Lipinski definition) is 3. The van der Waals surface area contributed by atoms with E-state index in [1.165, 1.54) is 21.6 Å². The van der Waals surface area contributed by atoms with E-state index in [0.717, 1.165) is 31.4 Å². The van der Waals surface area contributed by atoms with Crippen LogP contribution < -0.4 is 10.6 Å². The molecule has 5 nitrogen and oxygen atoms in total. The number of β-amino-alcohol motifs (C(OH)–C–C–N with tert-alkyl or cyclic N) is 1. The summed E-state index contributed by atoms with van der Waals surface area (Å²) in [6, 6.07) is 6.38. The van der Waals surface area contributed by atoms with Gasteiger partial charge >= 0.3 is 0 Å². The molecule has 6 heteroatoms. The van der Waals surface area contributed by atoms with E-state index in [2.05, 4.69) is 33.8 Å². The molecule has 1 saturated heterocycles. The molecule has 3 atom stereocenters. The van der Waals surface area contributed by atoms with Gasteiger partial charge in [0.05, 0.1) is 34.3 Å². The van der Waals surface area contributed by atoms with Crippen LogP contribution in [0, 0.1) is 6.92 Å². The lowest BCUT2D eigenvalue weighted by atomic mass is 9.95. The summed E-state index contributed by atoms with van der Waals surface area (Å²) in [5.41, 5.74) is 6.75. The highest BCUT2D eigenvalue weighted by Crippen LogP contribution is 2.34. The summed E-state index contributed by atoms with van der Waals surface area (Å²) in [7, 11) is 0. The molecule has 0 radical (unpaired) electrons. The zero-order valence-electron chi connectivity index (χ0n) is 15.0. The third kappa shape index (κ3) is 3.54. The monoisotopic (exact) mass is 371 g/mol. The largest absolute Gasteiger partial charge is 0.392 e. The van der Waals surface area contributed by atoms with Crippen LogP contribution in [0.25, 0.3) is 10.4 Å². The minimum Gasteiger partial charge on any atom is -0.392 e. The van der Waals surface area contributed by atoms with Crippen LogP contribution in [0.4, 0.5) is 0 Å². The summed E-state index contributed by atoms with van der Waals surface area (Å²) in [6.45, 7) is 2.54.